The predicted octanol–water partition coefficient (Wildman–Crippen LogP) is 2.37. The van der Waals surface area contributed by atoms with E-state index in [1.807, 2.05) is 0 Å². The van der Waals surface area contributed by atoms with E-state index in [9.17, 15) is 8.42 Å². The molecule has 0 aromatic carbocycles. The molecule has 0 bridgehead atoms. The summed E-state index contributed by atoms with van der Waals surface area (Å²) in [5.41, 5.74) is 0. The van der Waals surface area contributed by atoms with E-state index in [1.54, 1.807) is 6.07 Å². The molecule has 0 radical (unpaired) electrons. The van der Waals surface area contributed by atoms with Crippen LogP contribution in [0.15, 0.2) is 16.3 Å². The van der Waals surface area contributed by atoms with E-state index in [1.165, 1.54) is 6.07 Å². The fraction of sp³-hybridized carbons (Fsp3) is 0.667. The average Bonchev–Trinajstić information content (AvgIpc) is 3.11. The van der Waals surface area contributed by atoms with Gasteiger partial charge in [-0.05, 0) is 25.0 Å². The lowest BCUT2D eigenvalue weighted by molar-refractivity contribution is -0.160. The molecule has 112 valence electrons. The summed E-state index contributed by atoms with van der Waals surface area (Å²) >= 11 is 6.80. The molecule has 2 heterocycles. The van der Waals surface area contributed by atoms with Crippen molar-refractivity contribution in [3.05, 3.63) is 16.5 Å². The molecule has 1 atom stereocenters. The van der Waals surface area contributed by atoms with Gasteiger partial charge in [0, 0.05) is 19.4 Å². The Hall–Kier alpha value is -0.180. The van der Waals surface area contributed by atoms with Crippen molar-refractivity contribution in [1.29, 1.82) is 0 Å². The van der Waals surface area contributed by atoms with Crippen molar-refractivity contribution in [3.63, 3.8) is 0 Å². The average molecular weight is 338 g/mol. The van der Waals surface area contributed by atoms with Crippen LogP contribution in [0.3, 0.4) is 0 Å². The Balaban J connectivity index is 1.57. The third-order valence-electron chi connectivity index (χ3n) is 3.59. The van der Waals surface area contributed by atoms with Gasteiger partial charge in [-0.3, -0.25) is 0 Å². The maximum Gasteiger partial charge on any atom is 0.250 e. The molecule has 3 rings (SSSR count). The third kappa shape index (κ3) is 3.03. The Bertz CT molecular complexity index is 580. The molecule has 2 aliphatic rings. The molecule has 5 nitrogen and oxygen atoms in total. The zero-order valence-electron chi connectivity index (χ0n) is 10.8. The Kier molecular flexibility index (Phi) is 4.09. The van der Waals surface area contributed by atoms with Crippen LogP contribution in [0.1, 0.15) is 25.7 Å². The normalized spacial score (nSPS) is 25.6. The van der Waals surface area contributed by atoms with E-state index >= 15 is 0 Å². The third-order valence-corrected chi connectivity index (χ3v) is 6.74. The monoisotopic (exact) mass is 337 g/mol. The molecular formula is C12H16ClNO4S2. The van der Waals surface area contributed by atoms with Gasteiger partial charge in [-0.25, -0.2) is 13.1 Å². The van der Waals surface area contributed by atoms with Crippen molar-refractivity contribution in [1.82, 2.24) is 4.72 Å². The highest BCUT2D eigenvalue weighted by molar-refractivity contribution is 7.91. The molecule has 0 amide bonds. The van der Waals surface area contributed by atoms with E-state index in [4.69, 9.17) is 21.1 Å². The van der Waals surface area contributed by atoms with Crippen molar-refractivity contribution in [2.75, 3.05) is 13.2 Å². The number of ether oxygens (including phenoxy) is 2. The molecule has 2 fully saturated rings. The smallest absolute Gasteiger partial charge is 0.250 e. The first-order chi connectivity index (χ1) is 9.49. The number of hydrogen-bond acceptors (Lipinski definition) is 5. The molecular weight excluding hydrogens is 322 g/mol. The number of thiophene rings is 1. The van der Waals surface area contributed by atoms with Gasteiger partial charge in [0.2, 0.25) is 10.0 Å². The van der Waals surface area contributed by atoms with Crippen LogP contribution in [0, 0.1) is 0 Å². The Morgan fingerprint density at radius 1 is 1.40 bits per heavy atom. The second-order valence-corrected chi connectivity index (χ2v) is 8.79. The lowest BCUT2D eigenvalue weighted by Crippen LogP contribution is -2.34. The number of nitrogens with one attached hydrogen (secondary N) is 1. The Labute approximate surface area is 127 Å². The van der Waals surface area contributed by atoms with Crippen LogP contribution < -0.4 is 4.72 Å². The summed E-state index contributed by atoms with van der Waals surface area (Å²) in [5.74, 6) is -0.456. The molecule has 1 aromatic rings. The van der Waals surface area contributed by atoms with Crippen LogP contribution in [0.2, 0.25) is 4.34 Å². The molecule has 1 spiro atoms. The molecule has 0 unspecified atom stereocenters. The topological polar surface area (TPSA) is 64.6 Å². The standard InChI is InChI=1S/C12H16ClNO4S2/c13-10-3-4-11(19-10)20(15,16)14-7-9-8-17-12(18-9)5-1-2-6-12/h3-4,9,14H,1-2,5-8H2/t9-/m0/s1. The highest BCUT2D eigenvalue weighted by Gasteiger charge is 2.43. The zero-order chi connectivity index (χ0) is 14.2. The van der Waals surface area contributed by atoms with E-state index in [-0.39, 0.29) is 16.9 Å². The SMILES string of the molecule is O=S(=O)(NC[C@H]1COC2(CCCC2)O1)c1ccc(Cl)s1. The second kappa shape index (κ2) is 5.55. The van der Waals surface area contributed by atoms with E-state index in [0.29, 0.717) is 10.9 Å². The molecule has 1 N–H and O–H groups in total. The summed E-state index contributed by atoms with van der Waals surface area (Å²) in [6, 6.07) is 3.07. The van der Waals surface area contributed by atoms with Gasteiger partial charge in [0.1, 0.15) is 4.21 Å². The molecule has 1 aliphatic carbocycles. The molecule has 1 aliphatic heterocycles. The van der Waals surface area contributed by atoms with E-state index in [2.05, 4.69) is 4.72 Å². The minimum atomic E-state index is -3.51. The van der Waals surface area contributed by atoms with Gasteiger partial charge >= 0.3 is 0 Å². The molecule has 1 saturated heterocycles. The molecule has 1 aromatic heterocycles. The summed E-state index contributed by atoms with van der Waals surface area (Å²) in [7, 11) is -3.51. The quantitative estimate of drug-likeness (QED) is 0.916. The van der Waals surface area contributed by atoms with Crippen LogP contribution in [-0.2, 0) is 19.5 Å². The van der Waals surface area contributed by atoms with Gasteiger partial charge in [0.15, 0.2) is 5.79 Å². The van der Waals surface area contributed by atoms with Crippen LogP contribution in [0.5, 0.6) is 0 Å². The highest BCUT2D eigenvalue weighted by Crippen LogP contribution is 2.39. The summed E-state index contributed by atoms with van der Waals surface area (Å²) < 4.78 is 38.9. The number of sulfonamides is 1. The van der Waals surface area contributed by atoms with E-state index < -0.39 is 15.8 Å². The first-order valence-electron chi connectivity index (χ1n) is 6.56. The van der Waals surface area contributed by atoms with Crippen molar-refractivity contribution in [2.24, 2.45) is 0 Å². The highest BCUT2D eigenvalue weighted by atomic mass is 35.5. The maximum absolute atomic E-state index is 12.1. The lowest BCUT2D eigenvalue weighted by Gasteiger charge is -2.21. The number of hydrogen-bond donors (Lipinski definition) is 1. The maximum atomic E-state index is 12.1. The summed E-state index contributed by atoms with van der Waals surface area (Å²) in [5, 5.41) is 0. The van der Waals surface area contributed by atoms with Crippen molar-refractivity contribution >= 4 is 33.0 Å². The lowest BCUT2D eigenvalue weighted by atomic mass is 10.2. The number of halogens is 1. The molecule has 20 heavy (non-hydrogen) atoms. The zero-order valence-corrected chi connectivity index (χ0v) is 13.2. The Morgan fingerprint density at radius 3 is 2.80 bits per heavy atom. The summed E-state index contributed by atoms with van der Waals surface area (Å²) in [6.45, 7) is 0.660. The first kappa shape index (κ1) is 14.7. The van der Waals surface area contributed by atoms with Gasteiger partial charge in [-0.2, -0.15) is 0 Å². The van der Waals surface area contributed by atoms with Crippen molar-refractivity contribution in [2.45, 2.75) is 41.8 Å². The van der Waals surface area contributed by atoms with Gasteiger partial charge < -0.3 is 9.47 Å². The van der Waals surface area contributed by atoms with Crippen molar-refractivity contribution < 1.29 is 17.9 Å². The second-order valence-electron chi connectivity index (χ2n) is 5.08. The minimum Gasteiger partial charge on any atom is -0.347 e. The predicted molar refractivity (Wildman–Crippen MR) is 76.5 cm³/mol. The Morgan fingerprint density at radius 2 is 2.15 bits per heavy atom. The minimum absolute atomic E-state index is 0.219. The fourth-order valence-electron chi connectivity index (χ4n) is 2.61. The van der Waals surface area contributed by atoms with Gasteiger partial charge in [0.05, 0.1) is 17.0 Å². The van der Waals surface area contributed by atoms with Crippen LogP contribution in [0.4, 0.5) is 0 Å². The van der Waals surface area contributed by atoms with E-state index in [0.717, 1.165) is 37.0 Å². The van der Waals surface area contributed by atoms with Crippen LogP contribution in [-0.4, -0.2) is 33.5 Å². The summed E-state index contributed by atoms with van der Waals surface area (Å²) in [4.78, 5) is 0. The summed E-state index contributed by atoms with van der Waals surface area (Å²) in [6.07, 6.45) is 3.78. The fourth-order valence-corrected chi connectivity index (χ4v) is 5.20. The first-order valence-corrected chi connectivity index (χ1v) is 9.24. The van der Waals surface area contributed by atoms with Crippen molar-refractivity contribution in [3.8, 4) is 0 Å². The number of rotatable bonds is 4. The molecule has 1 saturated carbocycles. The van der Waals surface area contributed by atoms with Crippen LogP contribution >= 0.6 is 22.9 Å². The van der Waals surface area contributed by atoms with Crippen LogP contribution in [0.25, 0.3) is 0 Å². The largest absolute Gasteiger partial charge is 0.347 e. The van der Waals surface area contributed by atoms with Gasteiger partial charge in [-0.1, -0.05) is 11.6 Å². The van der Waals surface area contributed by atoms with Gasteiger partial charge in [0.25, 0.3) is 0 Å². The molecule has 8 heteroatoms. The van der Waals surface area contributed by atoms with Gasteiger partial charge in [-0.15, -0.1) is 11.3 Å².